The fraction of sp³-hybridized carbons (Fsp3) is 0.154. The first-order valence-corrected chi connectivity index (χ1v) is 5.52. The van der Waals surface area contributed by atoms with Gasteiger partial charge in [0.25, 0.3) is 0 Å². The van der Waals surface area contributed by atoms with Gasteiger partial charge >= 0.3 is 0 Å². The summed E-state index contributed by atoms with van der Waals surface area (Å²) >= 11 is 0. The van der Waals surface area contributed by atoms with Gasteiger partial charge in [-0.25, -0.2) is 0 Å². The normalized spacial score (nSPS) is 12.1. The van der Waals surface area contributed by atoms with Gasteiger partial charge in [0.2, 0.25) is 5.91 Å². The summed E-state index contributed by atoms with van der Waals surface area (Å²) in [5, 5.41) is 12.8. The van der Waals surface area contributed by atoms with E-state index in [1.807, 2.05) is 0 Å². The monoisotopic (exact) mass is 246 g/mol. The molecule has 0 aliphatic heterocycles. The van der Waals surface area contributed by atoms with Crippen LogP contribution in [0.25, 0.3) is 0 Å². The number of amides is 1. The largest absolute Gasteiger partial charge is 0.467 e. The molecular weight excluding hydrogens is 232 g/mol. The summed E-state index contributed by atoms with van der Waals surface area (Å²) in [6.45, 7) is 0.287. The van der Waals surface area contributed by atoms with Crippen LogP contribution in [0.3, 0.4) is 0 Å². The number of nitrogens with two attached hydrogens (primary N) is 1. The van der Waals surface area contributed by atoms with Crippen molar-refractivity contribution in [3.63, 3.8) is 0 Å². The minimum absolute atomic E-state index is 0.287. The molecule has 5 heteroatoms. The number of aliphatic hydroxyl groups excluding tert-OH is 1. The Morgan fingerprint density at radius 3 is 2.89 bits per heavy atom. The van der Waals surface area contributed by atoms with Crippen LogP contribution in [0.4, 0.5) is 5.69 Å². The first kappa shape index (κ1) is 12.2. The van der Waals surface area contributed by atoms with Gasteiger partial charge in [-0.15, -0.1) is 0 Å². The summed E-state index contributed by atoms with van der Waals surface area (Å²) in [7, 11) is 0. The number of hydrogen-bond acceptors (Lipinski definition) is 4. The topological polar surface area (TPSA) is 88.5 Å². The van der Waals surface area contributed by atoms with Gasteiger partial charge in [-0.1, -0.05) is 6.07 Å². The fourth-order valence-electron chi connectivity index (χ4n) is 1.58. The Labute approximate surface area is 104 Å². The number of primary amides is 1. The van der Waals surface area contributed by atoms with Gasteiger partial charge in [-0.3, -0.25) is 4.79 Å². The molecule has 1 heterocycles. The van der Waals surface area contributed by atoms with Crippen molar-refractivity contribution >= 4 is 11.6 Å². The van der Waals surface area contributed by atoms with Gasteiger partial charge < -0.3 is 20.6 Å². The van der Waals surface area contributed by atoms with Crippen molar-refractivity contribution in [2.75, 3.05) is 11.9 Å². The average molecular weight is 246 g/mol. The zero-order chi connectivity index (χ0) is 13.0. The highest BCUT2D eigenvalue weighted by molar-refractivity contribution is 5.93. The quantitative estimate of drug-likeness (QED) is 0.746. The highest BCUT2D eigenvalue weighted by Gasteiger charge is 2.10. The molecule has 0 aliphatic carbocycles. The van der Waals surface area contributed by atoms with Crippen molar-refractivity contribution in [1.82, 2.24) is 0 Å². The van der Waals surface area contributed by atoms with E-state index in [4.69, 9.17) is 10.2 Å². The van der Waals surface area contributed by atoms with Crippen molar-refractivity contribution < 1.29 is 14.3 Å². The zero-order valence-corrected chi connectivity index (χ0v) is 9.67. The van der Waals surface area contributed by atoms with Crippen LogP contribution in [-0.4, -0.2) is 17.6 Å². The van der Waals surface area contributed by atoms with Gasteiger partial charge in [-0.05, 0) is 30.3 Å². The van der Waals surface area contributed by atoms with Crippen molar-refractivity contribution in [3.8, 4) is 0 Å². The third-order valence-electron chi connectivity index (χ3n) is 2.52. The van der Waals surface area contributed by atoms with Crippen molar-refractivity contribution in [2.45, 2.75) is 6.10 Å². The summed E-state index contributed by atoms with van der Waals surface area (Å²) in [6.07, 6.45) is 0.768. The van der Waals surface area contributed by atoms with E-state index in [1.54, 1.807) is 36.4 Å². The van der Waals surface area contributed by atoms with Gasteiger partial charge in [-0.2, -0.15) is 0 Å². The molecule has 94 valence electrons. The lowest BCUT2D eigenvalue weighted by Crippen LogP contribution is -2.13. The van der Waals surface area contributed by atoms with E-state index in [2.05, 4.69) is 5.32 Å². The van der Waals surface area contributed by atoms with Crippen LogP contribution in [0.5, 0.6) is 0 Å². The number of nitrogens with one attached hydrogen (secondary N) is 1. The number of carbonyl (C=O) groups is 1. The molecule has 0 spiro atoms. The van der Waals surface area contributed by atoms with E-state index < -0.39 is 12.0 Å². The summed E-state index contributed by atoms with van der Waals surface area (Å²) in [6, 6.07) is 10.2. The van der Waals surface area contributed by atoms with Gasteiger partial charge in [0.15, 0.2) is 0 Å². The molecule has 18 heavy (non-hydrogen) atoms. The summed E-state index contributed by atoms with van der Waals surface area (Å²) in [4.78, 5) is 11.0. The number of anilines is 1. The van der Waals surface area contributed by atoms with Crippen molar-refractivity contribution in [1.29, 1.82) is 0 Å². The maximum absolute atomic E-state index is 11.0. The Hall–Kier alpha value is -2.27. The lowest BCUT2D eigenvalue weighted by atomic mass is 10.2. The molecule has 0 fully saturated rings. The van der Waals surface area contributed by atoms with E-state index >= 15 is 0 Å². The minimum atomic E-state index is -0.739. The molecule has 2 aromatic rings. The number of hydrogen-bond donors (Lipinski definition) is 3. The second-order valence-corrected chi connectivity index (χ2v) is 3.86. The maximum Gasteiger partial charge on any atom is 0.248 e. The Morgan fingerprint density at radius 1 is 1.39 bits per heavy atom. The minimum Gasteiger partial charge on any atom is -0.467 e. The third kappa shape index (κ3) is 2.89. The maximum atomic E-state index is 11.0. The van der Waals surface area contributed by atoms with Crippen molar-refractivity contribution in [2.24, 2.45) is 5.73 Å². The van der Waals surface area contributed by atoms with Gasteiger partial charge in [0.1, 0.15) is 11.9 Å². The van der Waals surface area contributed by atoms with Crippen LogP contribution in [-0.2, 0) is 0 Å². The van der Waals surface area contributed by atoms with Crippen LogP contribution in [0.15, 0.2) is 47.1 Å². The van der Waals surface area contributed by atoms with Crippen LogP contribution in [0.1, 0.15) is 22.2 Å². The molecule has 1 atom stereocenters. The smallest absolute Gasteiger partial charge is 0.248 e. The van der Waals surface area contributed by atoms with E-state index in [1.165, 1.54) is 6.26 Å². The van der Waals surface area contributed by atoms with Crippen LogP contribution >= 0.6 is 0 Å². The molecule has 1 aromatic carbocycles. The van der Waals surface area contributed by atoms with Crippen LogP contribution < -0.4 is 11.1 Å². The molecule has 1 unspecified atom stereocenters. The SMILES string of the molecule is NC(=O)c1cccc(NCC(O)c2ccco2)c1. The second kappa shape index (κ2) is 5.37. The Morgan fingerprint density at radius 2 is 2.22 bits per heavy atom. The Kier molecular flexibility index (Phi) is 3.64. The summed E-state index contributed by atoms with van der Waals surface area (Å²) < 4.78 is 5.08. The van der Waals surface area contributed by atoms with E-state index in [9.17, 15) is 9.90 Å². The number of carbonyl (C=O) groups excluding carboxylic acids is 1. The molecule has 1 aromatic heterocycles. The first-order chi connectivity index (χ1) is 8.66. The molecule has 0 radical (unpaired) electrons. The van der Waals surface area contributed by atoms with Crippen LogP contribution in [0, 0.1) is 0 Å². The highest BCUT2D eigenvalue weighted by Crippen LogP contribution is 2.15. The molecule has 4 N–H and O–H groups in total. The average Bonchev–Trinajstić information content (AvgIpc) is 2.90. The molecule has 0 bridgehead atoms. The van der Waals surface area contributed by atoms with Crippen LogP contribution in [0.2, 0.25) is 0 Å². The summed E-state index contributed by atoms with van der Waals surface area (Å²) in [5.74, 6) is 0.0128. The van der Waals surface area contributed by atoms with E-state index in [0.29, 0.717) is 11.3 Å². The highest BCUT2D eigenvalue weighted by atomic mass is 16.4. The number of furan rings is 1. The second-order valence-electron chi connectivity index (χ2n) is 3.86. The summed E-state index contributed by atoms with van der Waals surface area (Å²) in [5.41, 5.74) is 6.33. The van der Waals surface area contributed by atoms with E-state index in [-0.39, 0.29) is 6.54 Å². The van der Waals surface area contributed by atoms with Gasteiger partial charge in [0, 0.05) is 17.8 Å². The lowest BCUT2D eigenvalue weighted by Gasteiger charge is -2.11. The Balaban J connectivity index is 1.98. The molecule has 2 rings (SSSR count). The zero-order valence-electron chi connectivity index (χ0n) is 9.67. The standard InChI is InChI=1S/C13H14N2O3/c14-13(17)9-3-1-4-10(7-9)15-8-11(16)12-5-2-6-18-12/h1-7,11,15-16H,8H2,(H2,14,17). The lowest BCUT2D eigenvalue weighted by molar-refractivity contribution is 0.100. The fourth-order valence-corrected chi connectivity index (χ4v) is 1.58. The Bertz CT molecular complexity index is 523. The number of rotatable bonds is 5. The molecular formula is C13H14N2O3. The third-order valence-corrected chi connectivity index (χ3v) is 2.52. The predicted molar refractivity (Wildman–Crippen MR) is 67.1 cm³/mol. The van der Waals surface area contributed by atoms with Gasteiger partial charge in [0.05, 0.1) is 6.26 Å². The predicted octanol–water partition coefficient (Wildman–Crippen LogP) is 1.52. The van der Waals surface area contributed by atoms with E-state index in [0.717, 1.165) is 5.69 Å². The molecule has 0 saturated carbocycles. The number of aliphatic hydroxyl groups is 1. The van der Waals surface area contributed by atoms with Crippen molar-refractivity contribution in [3.05, 3.63) is 54.0 Å². The number of benzene rings is 1. The molecule has 5 nitrogen and oxygen atoms in total. The molecule has 0 aliphatic rings. The molecule has 1 amide bonds. The first-order valence-electron chi connectivity index (χ1n) is 5.52. The molecule has 0 saturated heterocycles.